The molecule has 102 valence electrons. The van der Waals surface area contributed by atoms with Gasteiger partial charge in [-0.3, -0.25) is 0 Å². The molecule has 0 aliphatic heterocycles. The van der Waals surface area contributed by atoms with Crippen LogP contribution in [-0.4, -0.2) is 14.2 Å². The molecule has 0 aromatic heterocycles. The first-order valence-electron chi connectivity index (χ1n) is 6.70. The van der Waals surface area contributed by atoms with Crippen molar-refractivity contribution in [3.05, 3.63) is 23.8 Å². The van der Waals surface area contributed by atoms with E-state index >= 15 is 0 Å². The van der Waals surface area contributed by atoms with Gasteiger partial charge in [0.05, 0.1) is 14.2 Å². The number of rotatable bonds is 8. The minimum atomic E-state index is 0.0849. The molecule has 0 heterocycles. The van der Waals surface area contributed by atoms with Gasteiger partial charge in [0.1, 0.15) is 0 Å². The van der Waals surface area contributed by atoms with Gasteiger partial charge in [-0.2, -0.15) is 0 Å². The van der Waals surface area contributed by atoms with Gasteiger partial charge in [-0.1, -0.05) is 38.7 Å². The molecule has 0 saturated carbocycles. The summed E-state index contributed by atoms with van der Waals surface area (Å²) < 4.78 is 10.5. The van der Waals surface area contributed by atoms with Crippen LogP contribution in [0.2, 0.25) is 0 Å². The van der Waals surface area contributed by atoms with E-state index in [9.17, 15) is 0 Å². The first kappa shape index (κ1) is 14.8. The maximum absolute atomic E-state index is 6.20. The molecule has 1 aromatic carbocycles. The molecule has 1 unspecified atom stereocenters. The third-order valence-electron chi connectivity index (χ3n) is 3.20. The molecule has 0 aliphatic carbocycles. The molecule has 0 radical (unpaired) electrons. The van der Waals surface area contributed by atoms with Crippen molar-refractivity contribution in [2.24, 2.45) is 5.73 Å². The fourth-order valence-corrected chi connectivity index (χ4v) is 2.04. The Morgan fingerprint density at radius 1 is 1.06 bits per heavy atom. The van der Waals surface area contributed by atoms with Gasteiger partial charge in [0.2, 0.25) is 0 Å². The van der Waals surface area contributed by atoms with Crippen LogP contribution >= 0.6 is 0 Å². The quantitative estimate of drug-likeness (QED) is 0.717. The summed E-state index contributed by atoms with van der Waals surface area (Å²) >= 11 is 0. The summed E-state index contributed by atoms with van der Waals surface area (Å²) in [7, 11) is 3.29. The second-order valence-electron chi connectivity index (χ2n) is 4.57. The molecule has 18 heavy (non-hydrogen) atoms. The van der Waals surface area contributed by atoms with Crippen molar-refractivity contribution in [3.63, 3.8) is 0 Å². The van der Waals surface area contributed by atoms with Gasteiger partial charge in [-0.25, -0.2) is 0 Å². The number of benzene rings is 1. The van der Waals surface area contributed by atoms with Gasteiger partial charge in [-0.05, 0) is 24.1 Å². The summed E-state index contributed by atoms with van der Waals surface area (Å²) in [5.74, 6) is 1.50. The smallest absolute Gasteiger partial charge is 0.161 e. The standard InChI is InChI=1S/C15H25NO2/c1-4-5-6-7-8-13(16)12-9-10-14(17-2)15(11-12)18-3/h9-11,13H,4-8,16H2,1-3H3. The van der Waals surface area contributed by atoms with Crippen molar-refractivity contribution < 1.29 is 9.47 Å². The van der Waals surface area contributed by atoms with Gasteiger partial charge < -0.3 is 15.2 Å². The van der Waals surface area contributed by atoms with Crippen LogP contribution in [0.3, 0.4) is 0 Å². The molecule has 0 bridgehead atoms. The molecule has 2 N–H and O–H groups in total. The van der Waals surface area contributed by atoms with Crippen molar-refractivity contribution in [2.75, 3.05) is 14.2 Å². The highest BCUT2D eigenvalue weighted by molar-refractivity contribution is 5.43. The molecule has 1 rings (SSSR count). The minimum absolute atomic E-state index is 0.0849. The summed E-state index contributed by atoms with van der Waals surface area (Å²) in [4.78, 5) is 0. The predicted molar refractivity (Wildman–Crippen MR) is 75.2 cm³/mol. The van der Waals surface area contributed by atoms with Crippen molar-refractivity contribution in [1.82, 2.24) is 0 Å². The average molecular weight is 251 g/mol. The Hall–Kier alpha value is -1.22. The number of hydrogen-bond acceptors (Lipinski definition) is 3. The van der Waals surface area contributed by atoms with Crippen LogP contribution in [0.25, 0.3) is 0 Å². The number of hydrogen-bond donors (Lipinski definition) is 1. The zero-order chi connectivity index (χ0) is 13.4. The average Bonchev–Trinajstić information content (AvgIpc) is 2.42. The monoisotopic (exact) mass is 251 g/mol. The Labute approximate surface area is 110 Å². The Bertz CT molecular complexity index is 352. The van der Waals surface area contributed by atoms with E-state index in [4.69, 9.17) is 15.2 Å². The van der Waals surface area contributed by atoms with E-state index in [-0.39, 0.29) is 6.04 Å². The van der Waals surface area contributed by atoms with Gasteiger partial charge in [0, 0.05) is 6.04 Å². The predicted octanol–water partition coefficient (Wildman–Crippen LogP) is 3.67. The second-order valence-corrected chi connectivity index (χ2v) is 4.57. The molecule has 1 atom stereocenters. The highest BCUT2D eigenvalue weighted by Crippen LogP contribution is 2.30. The molecular weight excluding hydrogens is 226 g/mol. The number of unbranched alkanes of at least 4 members (excludes halogenated alkanes) is 3. The minimum Gasteiger partial charge on any atom is -0.493 e. The molecule has 0 amide bonds. The van der Waals surface area contributed by atoms with Crippen LogP contribution in [0.4, 0.5) is 0 Å². The lowest BCUT2D eigenvalue weighted by Gasteiger charge is -2.14. The van der Waals surface area contributed by atoms with E-state index in [0.717, 1.165) is 23.5 Å². The van der Waals surface area contributed by atoms with Crippen molar-refractivity contribution in [2.45, 2.75) is 45.1 Å². The Kier molecular flexibility index (Phi) is 6.58. The molecule has 0 fully saturated rings. The highest BCUT2D eigenvalue weighted by Gasteiger charge is 2.10. The Morgan fingerprint density at radius 2 is 1.78 bits per heavy atom. The van der Waals surface area contributed by atoms with Gasteiger partial charge >= 0.3 is 0 Å². The number of methoxy groups -OCH3 is 2. The van der Waals surface area contributed by atoms with Gasteiger partial charge in [0.15, 0.2) is 11.5 Å². The first-order valence-corrected chi connectivity index (χ1v) is 6.70. The molecule has 3 nitrogen and oxygen atoms in total. The molecule has 0 saturated heterocycles. The first-order chi connectivity index (χ1) is 8.72. The van der Waals surface area contributed by atoms with Crippen molar-refractivity contribution >= 4 is 0 Å². The van der Waals surface area contributed by atoms with E-state index in [1.165, 1.54) is 25.7 Å². The summed E-state index contributed by atoms with van der Waals surface area (Å²) in [5, 5.41) is 0. The van der Waals surface area contributed by atoms with Gasteiger partial charge in [-0.15, -0.1) is 0 Å². The highest BCUT2D eigenvalue weighted by atomic mass is 16.5. The zero-order valence-corrected chi connectivity index (χ0v) is 11.7. The number of nitrogens with two attached hydrogens (primary N) is 1. The van der Waals surface area contributed by atoms with Crippen LogP contribution in [-0.2, 0) is 0 Å². The van der Waals surface area contributed by atoms with Crippen molar-refractivity contribution in [3.8, 4) is 11.5 Å². The second kappa shape index (κ2) is 7.98. The lowest BCUT2D eigenvalue weighted by Crippen LogP contribution is -2.10. The molecule has 0 aliphatic rings. The van der Waals surface area contributed by atoms with E-state index in [2.05, 4.69) is 6.92 Å². The molecule has 1 aromatic rings. The molecular formula is C15H25NO2. The van der Waals surface area contributed by atoms with Crippen LogP contribution in [0.1, 0.15) is 50.6 Å². The fourth-order valence-electron chi connectivity index (χ4n) is 2.04. The number of ether oxygens (including phenoxy) is 2. The third-order valence-corrected chi connectivity index (χ3v) is 3.20. The van der Waals surface area contributed by atoms with E-state index in [0.29, 0.717) is 0 Å². The maximum Gasteiger partial charge on any atom is 0.161 e. The van der Waals surface area contributed by atoms with E-state index < -0.39 is 0 Å². The van der Waals surface area contributed by atoms with Crippen LogP contribution in [0.5, 0.6) is 11.5 Å². The van der Waals surface area contributed by atoms with Crippen LogP contribution in [0.15, 0.2) is 18.2 Å². The summed E-state index contributed by atoms with van der Waals surface area (Å²) in [5.41, 5.74) is 7.31. The summed E-state index contributed by atoms with van der Waals surface area (Å²) in [6.45, 7) is 2.22. The lowest BCUT2D eigenvalue weighted by molar-refractivity contribution is 0.354. The third kappa shape index (κ3) is 4.22. The lowest BCUT2D eigenvalue weighted by atomic mass is 10.0. The topological polar surface area (TPSA) is 44.5 Å². The van der Waals surface area contributed by atoms with Crippen molar-refractivity contribution in [1.29, 1.82) is 0 Å². The Balaban J connectivity index is 2.59. The van der Waals surface area contributed by atoms with E-state index in [1.807, 2.05) is 18.2 Å². The zero-order valence-electron chi connectivity index (χ0n) is 11.7. The summed E-state index contributed by atoms with van der Waals surface area (Å²) in [6, 6.07) is 6.00. The largest absolute Gasteiger partial charge is 0.493 e. The van der Waals surface area contributed by atoms with Crippen LogP contribution < -0.4 is 15.2 Å². The van der Waals surface area contributed by atoms with Crippen LogP contribution in [0, 0.1) is 0 Å². The summed E-state index contributed by atoms with van der Waals surface area (Å²) in [6.07, 6.45) is 6.01. The normalized spacial score (nSPS) is 12.2. The molecule has 3 heteroatoms. The SMILES string of the molecule is CCCCCCC(N)c1ccc(OC)c(OC)c1. The maximum atomic E-state index is 6.20. The Morgan fingerprint density at radius 3 is 2.39 bits per heavy atom. The van der Waals surface area contributed by atoms with E-state index in [1.54, 1.807) is 14.2 Å². The van der Waals surface area contributed by atoms with Gasteiger partial charge in [0.25, 0.3) is 0 Å². The fraction of sp³-hybridized carbons (Fsp3) is 0.600. The molecule has 0 spiro atoms.